The normalized spacial score (nSPS) is 11.3. The van der Waals surface area contributed by atoms with Crippen molar-refractivity contribution in [2.75, 3.05) is 6.26 Å². The van der Waals surface area contributed by atoms with Gasteiger partial charge in [-0.2, -0.15) is 0 Å². The minimum Gasteiger partial charge on any atom is -0.258 e. The van der Waals surface area contributed by atoms with Gasteiger partial charge in [0.25, 0.3) is 5.69 Å². The largest absolute Gasteiger partial charge is 0.273 e. The molecule has 0 bridgehead atoms. The minimum atomic E-state index is -3.38. The van der Waals surface area contributed by atoms with Crippen LogP contribution in [0.2, 0.25) is 0 Å². The fourth-order valence-corrected chi connectivity index (χ4v) is 1.66. The summed E-state index contributed by atoms with van der Waals surface area (Å²) < 4.78 is 22.2. The Balaban J connectivity index is 3.42. The van der Waals surface area contributed by atoms with E-state index in [-0.39, 0.29) is 10.6 Å². The third-order valence-electron chi connectivity index (χ3n) is 1.81. The molecule has 5 nitrogen and oxygen atoms in total. The lowest BCUT2D eigenvalue weighted by Crippen LogP contribution is -1.99. The van der Waals surface area contributed by atoms with Gasteiger partial charge in [0.15, 0.2) is 9.84 Å². The molecule has 0 N–H and O–H groups in total. The lowest BCUT2D eigenvalue weighted by molar-refractivity contribution is -0.385. The van der Waals surface area contributed by atoms with E-state index in [1.807, 2.05) is 0 Å². The van der Waals surface area contributed by atoms with Crippen molar-refractivity contribution >= 4 is 15.5 Å². The van der Waals surface area contributed by atoms with Crippen molar-refractivity contribution in [2.24, 2.45) is 0 Å². The third-order valence-corrected chi connectivity index (χ3v) is 2.92. The number of nitro groups is 1. The van der Waals surface area contributed by atoms with E-state index in [4.69, 9.17) is 0 Å². The van der Waals surface area contributed by atoms with E-state index in [0.29, 0.717) is 5.56 Å². The van der Waals surface area contributed by atoms with Crippen LogP contribution in [-0.2, 0) is 9.84 Å². The van der Waals surface area contributed by atoms with Crippen molar-refractivity contribution in [1.82, 2.24) is 0 Å². The van der Waals surface area contributed by atoms with E-state index < -0.39 is 14.8 Å². The Bertz CT molecular complexity index is 478. The van der Waals surface area contributed by atoms with Crippen LogP contribution in [0, 0.1) is 17.0 Å². The fraction of sp³-hybridized carbons (Fsp3) is 0.250. The first-order valence-electron chi connectivity index (χ1n) is 3.77. The van der Waals surface area contributed by atoms with E-state index in [9.17, 15) is 18.5 Å². The number of sulfone groups is 1. The van der Waals surface area contributed by atoms with Crippen LogP contribution in [0.4, 0.5) is 5.69 Å². The molecule has 0 aromatic heterocycles. The van der Waals surface area contributed by atoms with Crippen LogP contribution in [0.5, 0.6) is 0 Å². The SMILES string of the molecule is Cc1ccc(S(C)(=O)=O)cc1[N+](=O)[O-]. The molecule has 0 spiro atoms. The monoisotopic (exact) mass is 215 g/mol. The Hall–Kier alpha value is -1.43. The van der Waals surface area contributed by atoms with Gasteiger partial charge in [-0.3, -0.25) is 10.1 Å². The molecular formula is C8H9NO4S. The molecule has 0 saturated carbocycles. The van der Waals surface area contributed by atoms with Crippen molar-refractivity contribution < 1.29 is 13.3 Å². The molecule has 0 amide bonds. The predicted octanol–water partition coefficient (Wildman–Crippen LogP) is 1.31. The second-order valence-corrected chi connectivity index (χ2v) is 4.99. The lowest BCUT2D eigenvalue weighted by atomic mass is 10.2. The molecule has 0 unspecified atom stereocenters. The van der Waals surface area contributed by atoms with Gasteiger partial charge < -0.3 is 0 Å². The van der Waals surface area contributed by atoms with E-state index in [2.05, 4.69) is 0 Å². The van der Waals surface area contributed by atoms with Gasteiger partial charge in [-0.05, 0) is 13.0 Å². The van der Waals surface area contributed by atoms with Gasteiger partial charge in [-0.25, -0.2) is 8.42 Å². The molecule has 0 fully saturated rings. The summed E-state index contributed by atoms with van der Waals surface area (Å²) in [6.07, 6.45) is 1.02. The molecule has 0 atom stereocenters. The number of nitro benzene ring substituents is 1. The zero-order chi connectivity index (χ0) is 10.9. The highest BCUT2D eigenvalue weighted by atomic mass is 32.2. The highest BCUT2D eigenvalue weighted by molar-refractivity contribution is 7.90. The zero-order valence-corrected chi connectivity index (χ0v) is 8.54. The average Bonchev–Trinajstić information content (AvgIpc) is 2.02. The first-order chi connectivity index (χ1) is 6.32. The second-order valence-electron chi connectivity index (χ2n) is 2.98. The molecule has 0 aliphatic heterocycles. The Morgan fingerprint density at radius 1 is 1.36 bits per heavy atom. The summed E-state index contributed by atoms with van der Waals surface area (Å²) in [6.45, 7) is 1.56. The lowest BCUT2D eigenvalue weighted by Gasteiger charge is -2.00. The quantitative estimate of drug-likeness (QED) is 0.550. The molecule has 0 aliphatic rings. The number of benzene rings is 1. The van der Waals surface area contributed by atoms with E-state index in [0.717, 1.165) is 12.3 Å². The van der Waals surface area contributed by atoms with E-state index in [1.165, 1.54) is 12.1 Å². The number of hydrogen-bond acceptors (Lipinski definition) is 4. The molecule has 0 aliphatic carbocycles. The van der Waals surface area contributed by atoms with Gasteiger partial charge in [0.05, 0.1) is 9.82 Å². The standard InChI is InChI=1S/C8H9NO4S/c1-6-3-4-7(14(2,12)13)5-8(6)9(10)11/h3-5H,1-2H3. The minimum absolute atomic E-state index is 0.0326. The van der Waals surface area contributed by atoms with Crippen LogP contribution < -0.4 is 0 Å². The predicted molar refractivity (Wildman–Crippen MR) is 50.9 cm³/mol. The first-order valence-corrected chi connectivity index (χ1v) is 5.66. The Morgan fingerprint density at radius 2 is 1.93 bits per heavy atom. The van der Waals surface area contributed by atoms with Crippen molar-refractivity contribution in [3.8, 4) is 0 Å². The van der Waals surface area contributed by atoms with Crippen molar-refractivity contribution in [2.45, 2.75) is 11.8 Å². The number of rotatable bonds is 2. The van der Waals surface area contributed by atoms with Crippen LogP contribution in [0.25, 0.3) is 0 Å². The summed E-state index contributed by atoms with van der Waals surface area (Å²) in [7, 11) is -3.38. The van der Waals surface area contributed by atoms with Gasteiger partial charge >= 0.3 is 0 Å². The number of hydrogen-bond donors (Lipinski definition) is 0. The molecule has 6 heteroatoms. The topological polar surface area (TPSA) is 77.3 Å². The fourth-order valence-electron chi connectivity index (χ4n) is 1.02. The second kappa shape index (κ2) is 3.38. The van der Waals surface area contributed by atoms with Crippen LogP contribution in [0.15, 0.2) is 23.1 Å². The number of aryl methyl sites for hydroxylation is 1. The zero-order valence-electron chi connectivity index (χ0n) is 7.72. The summed E-state index contributed by atoms with van der Waals surface area (Å²) >= 11 is 0. The van der Waals surface area contributed by atoms with Crippen molar-refractivity contribution in [1.29, 1.82) is 0 Å². The maximum absolute atomic E-state index is 11.1. The molecule has 1 aromatic carbocycles. The van der Waals surface area contributed by atoms with Crippen molar-refractivity contribution in [3.05, 3.63) is 33.9 Å². The molecule has 0 radical (unpaired) electrons. The number of nitrogens with zero attached hydrogens (tertiary/aromatic N) is 1. The summed E-state index contributed by atoms with van der Waals surface area (Å²) in [5.74, 6) is 0. The third kappa shape index (κ3) is 2.08. The molecule has 1 aromatic rings. The van der Waals surface area contributed by atoms with E-state index in [1.54, 1.807) is 6.92 Å². The maximum Gasteiger partial charge on any atom is 0.273 e. The Labute approximate surface area is 81.4 Å². The van der Waals surface area contributed by atoms with Gasteiger partial charge in [-0.15, -0.1) is 0 Å². The average molecular weight is 215 g/mol. The summed E-state index contributed by atoms with van der Waals surface area (Å²) in [6, 6.07) is 3.86. The molecular weight excluding hydrogens is 206 g/mol. The smallest absolute Gasteiger partial charge is 0.258 e. The summed E-state index contributed by atoms with van der Waals surface area (Å²) in [4.78, 5) is 9.89. The van der Waals surface area contributed by atoms with Gasteiger partial charge in [0.1, 0.15) is 0 Å². The van der Waals surface area contributed by atoms with Crippen LogP contribution in [0.3, 0.4) is 0 Å². The Kier molecular flexibility index (Phi) is 2.57. The molecule has 76 valence electrons. The highest BCUT2D eigenvalue weighted by Gasteiger charge is 2.15. The molecule has 0 heterocycles. The van der Waals surface area contributed by atoms with Gasteiger partial charge in [0, 0.05) is 17.9 Å². The van der Waals surface area contributed by atoms with Crippen LogP contribution in [0.1, 0.15) is 5.56 Å². The van der Waals surface area contributed by atoms with Crippen LogP contribution >= 0.6 is 0 Å². The van der Waals surface area contributed by atoms with Crippen LogP contribution in [-0.4, -0.2) is 19.6 Å². The first kappa shape index (κ1) is 10.6. The highest BCUT2D eigenvalue weighted by Crippen LogP contribution is 2.21. The molecule has 1 rings (SSSR count). The maximum atomic E-state index is 11.1. The summed E-state index contributed by atoms with van der Waals surface area (Å²) in [5.41, 5.74) is 0.273. The van der Waals surface area contributed by atoms with Gasteiger partial charge in [0.2, 0.25) is 0 Å². The van der Waals surface area contributed by atoms with Gasteiger partial charge in [-0.1, -0.05) is 6.07 Å². The summed E-state index contributed by atoms with van der Waals surface area (Å²) in [5, 5.41) is 10.5. The van der Waals surface area contributed by atoms with Crippen molar-refractivity contribution in [3.63, 3.8) is 0 Å². The van der Waals surface area contributed by atoms with E-state index >= 15 is 0 Å². The molecule has 14 heavy (non-hydrogen) atoms. The Morgan fingerprint density at radius 3 is 2.36 bits per heavy atom. The molecule has 0 saturated heterocycles.